The highest BCUT2D eigenvalue weighted by Gasteiger charge is 2.42. The first-order chi connectivity index (χ1) is 19.1. The fourth-order valence-corrected chi connectivity index (χ4v) is 7.17. The SMILES string of the molecule is Cc1cccc(C2CN(C(CC3CCC3)C(=O)O)CC2CN2CCC(CC(F)(F)Cc3ccc(F)cc3)CC2)c1. The van der Waals surface area contributed by atoms with E-state index >= 15 is 0 Å². The summed E-state index contributed by atoms with van der Waals surface area (Å²) >= 11 is 0. The number of nitrogens with zero attached hydrogens (tertiary/aromatic N) is 2. The zero-order valence-corrected chi connectivity index (χ0v) is 23.6. The molecule has 0 aromatic heterocycles. The molecular formula is C33H43F3N2O2. The molecule has 40 heavy (non-hydrogen) atoms. The number of carbonyl (C=O) groups is 1. The fraction of sp³-hybridized carbons (Fsp3) is 0.606. The number of piperidine rings is 1. The van der Waals surface area contributed by atoms with Crippen LogP contribution in [0.15, 0.2) is 48.5 Å². The zero-order chi connectivity index (χ0) is 28.3. The second-order valence-electron chi connectivity index (χ2n) is 12.7. The molecule has 2 saturated heterocycles. The van der Waals surface area contributed by atoms with E-state index in [1.807, 2.05) is 0 Å². The van der Waals surface area contributed by atoms with Crippen LogP contribution < -0.4 is 0 Å². The number of aryl methyl sites for hydroxylation is 1. The molecule has 3 atom stereocenters. The lowest BCUT2D eigenvalue weighted by molar-refractivity contribution is -0.144. The highest BCUT2D eigenvalue weighted by Crippen LogP contribution is 2.39. The summed E-state index contributed by atoms with van der Waals surface area (Å²) in [5.74, 6) is -2.86. The van der Waals surface area contributed by atoms with Gasteiger partial charge in [-0.15, -0.1) is 0 Å². The first-order valence-electron chi connectivity index (χ1n) is 15.0. The summed E-state index contributed by atoms with van der Waals surface area (Å²) in [6, 6.07) is 13.5. The van der Waals surface area contributed by atoms with Gasteiger partial charge in [0.05, 0.1) is 0 Å². The standard InChI is InChI=1S/C33H43F3N2O2/c1-23-4-2-7-27(16-23)30-22-38(31(32(39)40)17-24-5-3-6-24)21-28(30)20-37-14-12-26(13-15-37)19-33(35,36)18-25-8-10-29(34)11-9-25/h2,4,7-11,16,24,26,28,30-31H,3,5-6,12-15,17-22H2,1H3,(H,39,40). The van der Waals surface area contributed by atoms with Gasteiger partial charge in [-0.25, -0.2) is 13.2 Å². The molecule has 1 N–H and O–H groups in total. The number of rotatable bonds is 11. The molecule has 4 nitrogen and oxygen atoms in total. The number of carboxylic acid groups (broad SMARTS) is 1. The van der Waals surface area contributed by atoms with E-state index in [-0.39, 0.29) is 24.7 Å². The molecular weight excluding hydrogens is 513 g/mol. The number of hydrogen-bond acceptors (Lipinski definition) is 3. The second kappa shape index (κ2) is 12.6. The molecule has 2 aliphatic heterocycles. The van der Waals surface area contributed by atoms with Gasteiger partial charge in [0.15, 0.2) is 0 Å². The van der Waals surface area contributed by atoms with Crippen LogP contribution in [0, 0.1) is 30.5 Å². The summed E-state index contributed by atoms with van der Waals surface area (Å²) in [6.07, 6.45) is 5.21. The van der Waals surface area contributed by atoms with Crippen LogP contribution in [0.2, 0.25) is 0 Å². The molecule has 7 heteroatoms. The number of benzene rings is 2. The predicted molar refractivity (Wildman–Crippen MR) is 151 cm³/mol. The molecule has 2 aromatic carbocycles. The van der Waals surface area contributed by atoms with Crippen LogP contribution in [0.5, 0.6) is 0 Å². The van der Waals surface area contributed by atoms with E-state index in [1.165, 1.54) is 41.8 Å². The molecule has 0 bridgehead atoms. The van der Waals surface area contributed by atoms with E-state index in [1.54, 1.807) is 0 Å². The van der Waals surface area contributed by atoms with Crippen molar-refractivity contribution in [2.75, 3.05) is 32.7 Å². The second-order valence-corrected chi connectivity index (χ2v) is 12.7. The molecule has 5 rings (SSSR count). The smallest absolute Gasteiger partial charge is 0.320 e. The van der Waals surface area contributed by atoms with E-state index < -0.39 is 23.8 Å². The Morgan fingerprint density at radius 1 is 1.02 bits per heavy atom. The Labute approximate surface area is 236 Å². The molecule has 2 aromatic rings. The molecule has 0 radical (unpaired) electrons. The van der Waals surface area contributed by atoms with E-state index in [9.17, 15) is 23.1 Å². The van der Waals surface area contributed by atoms with Crippen molar-refractivity contribution in [2.45, 2.75) is 76.2 Å². The Morgan fingerprint density at radius 3 is 2.38 bits per heavy atom. The first kappa shape index (κ1) is 29.1. The quantitative estimate of drug-likeness (QED) is 0.332. The average Bonchev–Trinajstić information content (AvgIpc) is 3.28. The number of alkyl halides is 2. The van der Waals surface area contributed by atoms with Crippen molar-refractivity contribution < 1.29 is 23.1 Å². The van der Waals surface area contributed by atoms with E-state index in [2.05, 4.69) is 41.0 Å². The Hall–Kier alpha value is -2.38. The third-order valence-corrected chi connectivity index (χ3v) is 9.61. The van der Waals surface area contributed by atoms with Crippen LogP contribution >= 0.6 is 0 Å². The molecule has 1 saturated carbocycles. The van der Waals surface area contributed by atoms with Gasteiger partial charge in [-0.2, -0.15) is 0 Å². The third-order valence-electron chi connectivity index (χ3n) is 9.61. The van der Waals surface area contributed by atoms with Crippen LogP contribution in [0.1, 0.15) is 67.6 Å². The maximum absolute atomic E-state index is 14.8. The van der Waals surface area contributed by atoms with E-state index in [0.29, 0.717) is 17.4 Å². The summed E-state index contributed by atoms with van der Waals surface area (Å²) in [6.45, 7) is 6.06. The summed E-state index contributed by atoms with van der Waals surface area (Å²) in [7, 11) is 0. The minimum absolute atomic E-state index is 0.0294. The maximum atomic E-state index is 14.8. The molecule has 1 aliphatic carbocycles. The van der Waals surface area contributed by atoms with Gasteiger partial charge in [-0.1, -0.05) is 61.2 Å². The van der Waals surface area contributed by atoms with Crippen molar-refractivity contribution in [1.29, 1.82) is 0 Å². The van der Waals surface area contributed by atoms with E-state index in [4.69, 9.17) is 0 Å². The lowest BCUT2D eigenvalue weighted by Crippen LogP contribution is -2.43. The van der Waals surface area contributed by atoms with Gasteiger partial charge in [-0.3, -0.25) is 9.69 Å². The normalized spacial score (nSPS) is 24.2. The molecule has 218 valence electrons. The number of aliphatic carboxylic acids is 1. The third kappa shape index (κ3) is 7.47. The molecule has 3 fully saturated rings. The van der Waals surface area contributed by atoms with Crippen LogP contribution in [0.25, 0.3) is 0 Å². The lowest BCUT2D eigenvalue weighted by atomic mass is 9.80. The van der Waals surface area contributed by atoms with E-state index in [0.717, 1.165) is 64.8 Å². The van der Waals surface area contributed by atoms with Crippen molar-refractivity contribution in [3.63, 3.8) is 0 Å². The van der Waals surface area contributed by atoms with Crippen molar-refractivity contribution in [3.05, 3.63) is 71.0 Å². The number of hydrogen-bond donors (Lipinski definition) is 1. The zero-order valence-electron chi connectivity index (χ0n) is 23.6. The lowest BCUT2D eigenvalue weighted by Gasteiger charge is -2.36. The summed E-state index contributed by atoms with van der Waals surface area (Å²) in [4.78, 5) is 16.9. The molecule has 3 unspecified atom stereocenters. The van der Waals surface area contributed by atoms with Crippen molar-refractivity contribution in [3.8, 4) is 0 Å². The van der Waals surface area contributed by atoms with Gasteiger partial charge < -0.3 is 10.0 Å². The van der Waals surface area contributed by atoms with Crippen LogP contribution in [-0.2, 0) is 11.2 Å². The predicted octanol–water partition coefficient (Wildman–Crippen LogP) is 6.77. The highest BCUT2D eigenvalue weighted by atomic mass is 19.3. The van der Waals surface area contributed by atoms with Gasteiger partial charge in [-0.05, 0) is 80.3 Å². The van der Waals surface area contributed by atoms with Gasteiger partial charge >= 0.3 is 5.97 Å². The van der Waals surface area contributed by atoms with Crippen molar-refractivity contribution in [1.82, 2.24) is 9.80 Å². The number of likely N-dealkylation sites (tertiary alicyclic amines) is 2. The monoisotopic (exact) mass is 556 g/mol. The summed E-state index contributed by atoms with van der Waals surface area (Å²) in [5.41, 5.74) is 2.95. The Kier molecular flexibility index (Phi) is 9.21. The first-order valence-corrected chi connectivity index (χ1v) is 15.0. The number of halogens is 3. The van der Waals surface area contributed by atoms with Gasteiger partial charge in [0.25, 0.3) is 5.92 Å². The highest BCUT2D eigenvalue weighted by molar-refractivity contribution is 5.73. The summed E-state index contributed by atoms with van der Waals surface area (Å²) < 4.78 is 42.8. The van der Waals surface area contributed by atoms with Crippen LogP contribution in [-0.4, -0.2) is 65.6 Å². The minimum Gasteiger partial charge on any atom is -0.480 e. The van der Waals surface area contributed by atoms with Gasteiger partial charge in [0.1, 0.15) is 11.9 Å². The molecule has 2 heterocycles. The topological polar surface area (TPSA) is 43.8 Å². The molecule has 3 aliphatic rings. The Balaban J connectivity index is 1.19. The average molecular weight is 557 g/mol. The van der Waals surface area contributed by atoms with Crippen molar-refractivity contribution in [2.24, 2.45) is 17.8 Å². The molecule has 0 amide bonds. The fourth-order valence-electron chi connectivity index (χ4n) is 7.17. The molecule has 0 spiro atoms. The Morgan fingerprint density at radius 2 is 1.75 bits per heavy atom. The Bertz CT molecular complexity index is 1130. The maximum Gasteiger partial charge on any atom is 0.320 e. The van der Waals surface area contributed by atoms with Crippen LogP contribution in [0.3, 0.4) is 0 Å². The largest absolute Gasteiger partial charge is 0.480 e. The van der Waals surface area contributed by atoms with Crippen LogP contribution in [0.4, 0.5) is 13.2 Å². The van der Waals surface area contributed by atoms with Gasteiger partial charge in [0.2, 0.25) is 0 Å². The number of carboxylic acids is 1. The minimum atomic E-state index is -2.81. The van der Waals surface area contributed by atoms with Crippen molar-refractivity contribution >= 4 is 5.97 Å². The summed E-state index contributed by atoms with van der Waals surface area (Å²) in [5, 5.41) is 10.1. The van der Waals surface area contributed by atoms with Gasteiger partial charge in [0, 0.05) is 38.4 Å².